The SMILES string of the molecule is Cc1ccc(C(=NC(C)(C)C)NN)cc1Br. The minimum absolute atomic E-state index is 0.154. The van der Waals surface area contributed by atoms with E-state index in [9.17, 15) is 0 Å². The molecule has 0 atom stereocenters. The van der Waals surface area contributed by atoms with Gasteiger partial charge in [0.25, 0.3) is 0 Å². The van der Waals surface area contributed by atoms with Gasteiger partial charge < -0.3 is 5.43 Å². The van der Waals surface area contributed by atoms with Crippen LogP contribution >= 0.6 is 15.9 Å². The Kier molecular flexibility index (Phi) is 4.10. The Morgan fingerprint density at radius 1 is 1.38 bits per heavy atom. The number of amidine groups is 1. The number of halogens is 1. The summed E-state index contributed by atoms with van der Waals surface area (Å²) in [6.45, 7) is 8.15. The van der Waals surface area contributed by atoms with Gasteiger partial charge in [-0.2, -0.15) is 0 Å². The molecule has 0 radical (unpaired) electrons. The van der Waals surface area contributed by atoms with Crippen LogP contribution in [0.5, 0.6) is 0 Å². The maximum atomic E-state index is 5.50. The highest BCUT2D eigenvalue weighted by Gasteiger charge is 2.11. The number of hydrogen-bond donors (Lipinski definition) is 2. The summed E-state index contributed by atoms with van der Waals surface area (Å²) in [4.78, 5) is 4.53. The minimum Gasteiger partial charge on any atom is -0.308 e. The molecule has 0 saturated carbocycles. The molecule has 0 aromatic heterocycles. The van der Waals surface area contributed by atoms with Crippen LogP contribution in [0, 0.1) is 6.92 Å². The minimum atomic E-state index is -0.154. The van der Waals surface area contributed by atoms with Gasteiger partial charge in [-0.15, -0.1) is 0 Å². The van der Waals surface area contributed by atoms with Crippen molar-refractivity contribution in [1.29, 1.82) is 0 Å². The fraction of sp³-hybridized carbons (Fsp3) is 0.417. The maximum absolute atomic E-state index is 5.50. The van der Waals surface area contributed by atoms with Crippen LogP contribution in [0.2, 0.25) is 0 Å². The number of aliphatic imine (C=N–C) groups is 1. The first-order valence-corrected chi connectivity index (χ1v) is 5.96. The lowest BCUT2D eigenvalue weighted by atomic mass is 10.1. The zero-order chi connectivity index (χ0) is 12.3. The maximum Gasteiger partial charge on any atom is 0.143 e. The predicted octanol–water partition coefficient (Wildman–Crippen LogP) is 2.77. The third-order valence-electron chi connectivity index (χ3n) is 2.03. The van der Waals surface area contributed by atoms with Crippen molar-refractivity contribution < 1.29 is 0 Å². The fourth-order valence-corrected chi connectivity index (χ4v) is 1.63. The van der Waals surface area contributed by atoms with E-state index in [2.05, 4.69) is 26.3 Å². The molecule has 0 unspecified atom stereocenters. The van der Waals surface area contributed by atoms with E-state index >= 15 is 0 Å². The molecule has 3 nitrogen and oxygen atoms in total. The van der Waals surface area contributed by atoms with E-state index in [1.807, 2.05) is 45.9 Å². The second-order valence-electron chi connectivity index (χ2n) is 4.74. The standard InChI is InChI=1S/C12H18BrN3/c1-8-5-6-9(7-10(8)13)11(16-14)15-12(2,3)4/h5-7H,14H2,1-4H3,(H,15,16). The molecule has 4 heteroatoms. The molecule has 0 spiro atoms. The van der Waals surface area contributed by atoms with E-state index in [1.165, 1.54) is 5.56 Å². The molecule has 88 valence electrons. The van der Waals surface area contributed by atoms with E-state index in [0.29, 0.717) is 5.84 Å². The van der Waals surface area contributed by atoms with E-state index in [1.54, 1.807) is 0 Å². The molecule has 1 rings (SSSR count). The summed E-state index contributed by atoms with van der Waals surface area (Å²) in [5, 5.41) is 0. The van der Waals surface area contributed by atoms with Crippen molar-refractivity contribution in [2.75, 3.05) is 0 Å². The average molecular weight is 284 g/mol. The number of nitrogens with two attached hydrogens (primary N) is 1. The highest BCUT2D eigenvalue weighted by atomic mass is 79.9. The Bertz CT molecular complexity index is 405. The Morgan fingerprint density at radius 2 is 2.00 bits per heavy atom. The first-order chi connectivity index (χ1) is 7.33. The van der Waals surface area contributed by atoms with Crippen molar-refractivity contribution in [3.8, 4) is 0 Å². The Balaban J connectivity index is 3.15. The largest absolute Gasteiger partial charge is 0.308 e. The Morgan fingerprint density at radius 3 is 2.44 bits per heavy atom. The van der Waals surface area contributed by atoms with Gasteiger partial charge in [0.2, 0.25) is 0 Å². The van der Waals surface area contributed by atoms with Crippen LogP contribution in [0.4, 0.5) is 0 Å². The first kappa shape index (κ1) is 13.2. The van der Waals surface area contributed by atoms with Gasteiger partial charge in [-0.3, -0.25) is 4.99 Å². The van der Waals surface area contributed by atoms with Crippen LogP contribution in [-0.4, -0.2) is 11.4 Å². The number of hydrazine groups is 1. The van der Waals surface area contributed by atoms with Gasteiger partial charge in [-0.05, 0) is 39.3 Å². The fourth-order valence-electron chi connectivity index (χ4n) is 1.26. The third-order valence-corrected chi connectivity index (χ3v) is 2.88. The number of nitrogens with one attached hydrogen (secondary N) is 1. The molecule has 0 fully saturated rings. The van der Waals surface area contributed by atoms with Crippen LogP contribution in [0.3, 0.4) is 0 Å². The second kappa shape index (κ2) is 4.97. The lowest BCUT2D eigenvalue weighted by Crippen LogP contribution is -2.33. The van der Waals surface area contributed by atoms with Gasteiger partial charge in [0, 0.05) is 10.0 Å². The van der Waals surface area contributed by atoms with Gasteiger partial charge in [0.1, 0.15) is 5.84 Å². The van der Waals surface area contributed by atoms with Crippen molar-refractivity contribution in [2.45, 2.75) is 33.2 Å². The first-order valence-electron chi connectivity index (χ1n) is 5.16. The molecule has 3 N–H and O–H groups in total. The molecule has 16 heavy (non-hydrogen) atoms. The number of aryl methyl sites for hydroxylation is 1. The van der Waals surface area contributed by atoms with Gasteiger partial charge in [-0.1, -0.05) is 28.1 Å². The molecule has 0 saturated heterocycles. The Hall–Kier alpha value is -0.870. The zero-order valence-electron chi connectivity index (χ0n) is 10.1. The highest BCUT2D eigenvalue weighted by Crippen LogP contribution is 2.18. The summed E-state index contributed by atoms with van der Waals surface area (Å²) in [5.74, 6) is 6.21. The molecule has 1 aromatic rings. The smallest absolute Gasteiger partial charge is 0.143 e. The molecule has 1 aromatic carbocycles. The van der Waals surface area contributed by atoms with Gasteiger partial charge in [0.15, 0.2) is 0 Å². The van der Waals surface area contributed by atoms with Crippen molar-refractivity contribution in [1.82, 2.24) is 5.43 Å². The molecule has 0 amide bonds. The number of benzene rings is 1. The van der Waals surface area contributed by atoms with E-state index < -0.39 is 0 Å². The summed E-state index contributed by atoms with van der Waals surface area (Å²) in [6, 6.07) is 6.05. The number of rotatable bonds is 1. The van der Waals surface area contributed by atoms with Gasteiger partial charge in [0.05, 0.1) is 5.54 Å². The van der Waals surface area contributed by atoms with Gasteiger partial charge >= 0.3 is 0 Å². The predicted molar refractivity (Wildman–Crippen MR) is 72.5 cm³/mol. The zero-order valence-corrected chi connectivity index (χ0v) is 11.7. The highest BCUT2D eigenvalue weighted by molar-refractivity contribution is 9.10. The summed E-state index contributed by atoms with van der Waals surface area (Å²) >= 11 is 3.50. The van der Waals surface area contributed by atoms with Gasteiger partial charge in [-0.25, -0.2) is 5.84 Å². The van der Waals surface area contributed by atoms with E-state index in [4.69, 9.17) is 5.84 Å². The lowest BCUT2D eigenvalue weighted by molar-refractivity contribution is 0.580. The molecule has 0 bridgehead atoms. The third kappa shape index (κ3) is 3.61. The Labute approximate surface area is 105 Å². The van der Waals surface area contributed by atoms with Crippen LogP contribution in [0.25, 0.3) is 0 Å². The van der Waals surface area contributed by atoms with Crippen molar-refractivity contribution in [3.05, 3.63) is 33.8 Å². The quantitative estimate of drug-likeness (QED) is 0.360. The van der Waals surface area contributed by atoms with E-state index in [-0.39, 0.29) is 5.54 Å². The molecule has 0 heterocycles. The summed E-state index contributed by atoms with van der Waals surface area (Å²) in [6.07, 6.45) is 0. The van der Waals surface area contributed by atoms with E-state index in [0.717, 1.165) is 10.0 Å². The average Bonchev–Trinajstić information content (AvgIpc) is 2.17. The van der Waals surface area contributed by atoms with Crippen LogP contribution < -0.4 is 11.3 Å². The monoisotopic (exact) mass is 283 g/mol. The normalized spacial score (nSPS) is 12.8. The molecular weight excluding hydrogens is 266 g/mol. The van der Waals surface area contributed by atoms with Crippen molar-refractivity contribution in [3.63, 3.8) is 0 Å². The molecule has 0 aliphatic rings. The molecule has 0 aliphatic carbocycles. The van der Waals surface area contributed by atoms with Crippen molar-refractivity contribution >= 4 is 21.8 Å². The molecule has 0 aliphatic heterocycles. The number of hydrogen-bond acceptors (Lipinski definition) is 2. The number of nitrogens with zero attached hydrogens (tertiary/aromatic N) is 1. The topological polar surface area (TPSA) is 50.4 Å². The lowest BCUT2D eigenvalue weighted by Gasteiger charge is -2.16. The summed E-state index contributed by atoms with van der Waals surface area (Å²) in [5.41, 5.74) is 4.67. The van der Waals surface area contributed by atoms with Crippen LogP contribution in [0.1, 0.15) is 31.9 Å². The second-order valence-corrected chi connectivity index (χ2v) is 5.59. The summed E-state index contributed by atoms with van der Waals surface area (Å²) < 4.78 is 1.06. The summed E-state index contributed by atoms with van der Waals surface area (Å²) in [7, 11) is 0. The van der Waals surface area contributed by atoms with Crippen molar-refractivity contribution in [2.24, 2.45) is 10.8 Å². The van der Waals surface area contributed by atoms with Crippen LogP contribution in [-0.2, 0) is 0 Å². The molecular formula is C12H18BrN3. The van der Waals surface area contributed by atoms with Crippen LogP contribution in [0.15, 0.2) is 27.7 Å².